The minimum Gasteiger partial charge on any atom is -0.342 e. The molecule has 5 heteroatoms. The van der Waals surface area contributed by atoms with Gasteiger partial charge in [0.05, 0.1) is 6.54 Å². The normalized spacial score (nSPS) is 19.8. The predicted molar refractivity (Wildman–Crippen MR) is 104 cm³/mol. The van der Waals surface area contributed by atoms with Crippen molar-refractivity contribution in [2.45, 2.75) is 45.4 Å². The van der Waals surface area contributed by atoms with Crippen LogP contribution in [0.4, 0.5) is 5.69 Å². The highest BCUT2D eigenvalue weighted by Gasteiger charge is 2.29. The summed E-state index contributed by atoms with van der Waals surface area (Å²) in [6.45, 7) is 5.94. The number of rotatable bonds is 4. The summed E-state index contributed by atoms with van der Waals surface area (Å²) in [5.41, 5.74) is 2.02. The molecule has 1 N–H and O–H groups in total. The van der Waals surface area contributed by atoms with Crippen molar-refractivity contribution in [1.29, 1.82) is 0 Å². The monoisotopic (exact) mass is 357 g/mol. The summed E-state index contributed by atoms with van der Waals surface area (Å²) < 4.78 is 0. The van der Waals surface area contributed by atoms with E-state index in [0.29, 0.717) is 12.5 Å². The van der Waals surface area contributed by atoms with E-state index >= 15 is 0 Å². The molecule has 1 aromatic rings. The molecule has 2 heterocycles. The lowest BCUT2D eigenvalue weighted by Crippen LogP contribution is -2.44. The van der Waals surface area contributed by atoms with E-state index in [1.807, 2.05) is 31.2 Å². The molecule has 3 rings (SSSR count). The molecule has 0 aromatic heterocycles. The molecule has 0 bridgehead atoms. The van der Waals surface area contributed by atoms with Gasteiger partial charge in [-0.05, 0) is 57.8 Å². The van der Waals surface area contributed by atoms with Crippen LogP contribution in [0.2, 0.25) is 0 Å². The van der Waals surface area contributed by atoms with Crippen LogP contribution >= 0.6 is 0 Å². The van der Waals surface area contributed by atoms with Gasteiger partial charge in [-0.25, -0.2) is 0 Å². The number of nitrogens with zero attached hydrogens (tertiary/aromatic N) is 2. The van der Waals surface area contributed by atoms with Crippen molar-refractivity contribution in [2.75, 3.05) is 38.0 Å². The quantitative estimate of drug-likeness (QED) is 0.901. The first-order chi connectivity index (χ1) is 12.6. The van der Waals surface area contributed by atoms with E-state index in [9.17, 15) is 9.59 Å². The summed E-state index contributed by atoms with van der Waals surface area (Å²) >= 11 is 0. The molecule has 2 saturated heterocycles. The van der Waals surface area contributed by atoms with Crippen LogP contribution in [0.3, 0.4) is 0 Å². The number of hydrogen-bond donors (Lipinski definition) is 1. The SMILES string of the molecule is Cc1ccc(NC(=O)CN2CCC(C(=O)N3CCCCCC3)CC2)cc1. The minimum atomic E-state index is 0.0196. The zero-order chi connectivity index (χ0) is 18.4. The van der Waals surface area contributed by atoms with Crippen LogP contribution in [0.5, 0.6) is 0 Å². The largest absolute Gasteiger partial charge is 0.342 e. The number of likely N-dealkylation sites (tertiary alicyclic amines) is 2. The number of carbonyl (C=O) groups excluding carboxylic acids is 2. The summed E-state index contributed by atoms with van der Waals surface area (Å²) in [7, 11) is 0. The highest BCUT2D eigenvalue weighted by Crippen LogP contribution is 2.21. The van der Waals surface area contributed by atoms with Crippen LogP contribution in [0.15, 0.2) is 24.3 Å². The van der Waals surface area contributed by atoms with Gasteiger partial charge in [-0.15, -0.1) is 0 Å². The molecular formula is C21H31N3O2. The Morgan fingerprint density at radius 2 is 1.58 bits per heavy atom. The lowest BCUT2D eigenvalue weighted by Gasteiger charge is -2.33. The number of piperidine rings is 1. The van der Waals surface area contributed by atoms with Crippen molar-refractivity contribution < 1.29 is 9.59 Å². The topological polar surface area (TPSA) is 52.7 Å². The third-order valence-corrected chi connectivity index (χ3v) is 5.56. The Bertz CT molecular complexity index is 598. The summed E-state index contributed by atoms with van der Waals surface area (Å²) in [5, 5.41) is 2.95. The van der Waals surface area contributed by atoms with Crippen LogP contribution in [-0.4, -0.2) is 54.3 Å². The average molecular weight is 357 g/mol. The fraction of sp³-hybridized carbons (Fsp3) is 0.619. The van der Waals surface area contributed by atoms with Gasteiger partial charge in [0.15, 0.2) is 0 Å². The van der Waals surface area contributed by atoms with Crippen LogP contribution in [0, 0.1) is 12.8 Å². The van der Waals surface area contributed by atoms with Crippen molar-refractivity contribution in [2.24, 2.45) is 5.92 Å². The summed E-state index contributed by atoms with van der Waals surface area (Å²) in [4.78, 5) is 29.2. The first-order valence-electron chi connectivity index (χ1n) is 9.99. The Morgan fingerprint density at radius 1 is 0.962 bits per heavy atom. The first kappa shape index (κ1) is 18.9. The maximum Gasteiger partial charge on any atom is 0.238 e. The van der Waals surface area contributed by atoms with Crippen molar-refractivity contribution in [3.8, 4) is 0 Å². The van der Waals surface area contributed by atoms with E-state index in [1.54, 1.807) is 0 Å². The number of benzene rings is 1. The second-order valence-corrected chi connectivity index (χ2v) is 7.70. The van der Waals surface area contributed by atoms with E-state index in [2.05, 4.69) is 15.1 Å². The number of nitrogens with one attached hydrogen (secondary N) is 1. The average Bonchev–Trinajstić information content (AvgIpc) is 2.93. The van der Waals surface area contributed by atoms with Crippen LogP contribution in [-0.2, 0) is 9.59 Å². The van der Waals surface area contributed by atoms with E-state index in [0.717, 1.165) is 57.5 Å². The fourth-order valence-corrected chi connectivity index (χ4v) is 3.93. The van der Waals surface area contributed by atoms with Gasteiger partial charge < -0.3 is 10.2 Å². The minimum absolute atomic E-state index is 0.0196. The van der Waals surface area contributed by atoms with E-state index in [4.69, 9.17) is 0 Å². The predicted octanol–water partition coefficient (Wildman–Crippen LogP) is 3.05. The molecule has 2 fully saturated rings. The van der Waals surface area contributed by atoms with Gasteiger partial charge in [0.25, 0.3) is 0 Å². The molecule has 0 radical (unpaired) electrons. The zero-order valence-electron chi connectivity index (χ0n) is 15.9. The smallest absolute Gasteiger partial charge is 0.238 e. The Morgan fingerprint density at radius 3 is 2.19 bits per heavy atom. The lowest BCUT2D eigenvalue weighted by molar-refractivity contribution is -0.137. The molecule has 1 aromatic carbocycles. The maximum atomic E-state index is 12.7. The molecule has 2 aliphatic rings. The molecule has 5 nitrogen and oxygen atoms in total. The Balaban J connectivity index is 1.42. The zero-order valence-corrected chi connectivity index (χ0v) is 15.9. The molecular weight excluding hydrogens is 326 g/mol. The van der Waals surface area contributed by atoms with Gasteiger partial charge in [-0.2, -0.15) is 0 Å². The second kappa shape index (κ2) is 9.17. The Kier molecular flexibility index (Phi) is 6.67. The first-order valence-corrected chi connectivity index (χ1v) is 9.99. The fourth-order valence-electron chi connectivity index (χ4n) is 3.93. The van der Waals surface area contributed by atoms with Crippen molar-refractivity contribution in [1.82, 2.24) is 9.80 Å². The number of anilines is 1. The molecule has 26 heavy (non-hydrogen) atoms. The third kappa shape index (κ3) is 5.31. The number of carbonyl (C=O) groups is 2. The van der Waals surface area contributed by atoms with Gasteiger partial charge in [0.1, 0.15) is 0 Å². The standard InChI is InChI=1S/C21H31N3O2/c1-17-6-8-19(9-7-17)22-20(25)16-23-14-10-18(11-15-23)21(26)24-12-4-2-3-5-13-24/h6-9,18H,2-5,10-16H2,1H3,(H,22,25). The molecule has 2 aliphatic heterocycles. The molecule has 0 atom stereocenters. The van der Waals surface area contributed by atoms with Gasteiger partial charge in [-0.1, -0.05) is 30.5 Å². The van der Waals surface area contributed by atoms with E-state index < -0.39 is 0 Å². The van der Waals surface area contributed by atoms with Gasteiger partial charge in [0, 0.05) is 24.7 Å². The highest BCUT2D eigenvalue weighted by atomic mass is 16.2. The van der Waals surface area contributed by atoms with Crippen molar-refractivity contribution >= 4 is 17.5 Å². The Hall–Kier alpha value is -1.88. The summed E-state index contributed by atoms with van der Waals surface area (Å²) in [6, 6.07) is 7.85. The number of aryl methyl sites for hydroxylation is 1. The van der Waals surface area contributed by atoms with Gasteiger partial charge in [-0.3, -0.25) is 14.5 Å². The number of hydrogen-bond acceptors (Lipinski definition) is 3. The molecule has 0 saturated carbocycles. The summed E-state index contributed by atoms with van der Waals surface area (Å²) in [6.07, 6.45) is 6.52. The third-order valence-electron chi connectivity index (χ3n) is 5.56. The van der Waals surface area contributed by atoms with Gasteiger partial charge >= 0.3 is 0 Å². The molecule has 2 amide bonds. The van der Waals surface area contributed by atoms with Crippen LogP contribution < -0.4 is 5.32 Å². The van der Waals surface area contributed by atoms with Crippen molar-refractivity contribution in [3.05, 3.63) is 29.8 Å². The number of amides is 2. The van der Waals surface area contributed by atoms with E-state index in [-0.39, 0.29) is 11.8 Å². The second-order valence-electron chi connectivity index (χ2n) is 7.70. The van der Waals surface area contributed by atoms with Crippen LogP contribution in [0.1, 0.15) is 44.1 Å². The Labute approximate surface area is 156 Å². The molecule has 0 aliphatic carbocycles. The molecule has 0 spiro atoms. The molecule has 142 valence electrons. The van der Waals surface area contributed by atoms with E-state index in [1.165, 1.54) is 18.4 Å². The van der Waals surface area contributed by atoms with Crippen molar-refractivity contribution in [3.63, 3.8) is 0 Å². The maximum absolute atomic E-state index is 12.7. The lowest BCUT2D eigenvalue weighted by atomic mass is 9.95. The van der Waals surface area contributed by atoms with Crippen LogP contribution in [0.25, 0.3) is 0 Å². The highest BCUT2D eigenvalue weighted by molar-refractivity contribution is 5.92. The summed E-state index contributed by atoms with van der Waals surface area (Å²) in [5.74, 6) is 0.506. The molecule has 0 unspecified atom stereocenters. The van der Waals surface area contributed by atoms with Gasteiger partial charge in [0.2, 0.25) is 11.8 Å².